The monoisotopic (exact) mass is 297 g/mol. The molecule has 0 aliphatic rings. The second-order valence-electron chi connectivity index (χ2n) is 4.95. The van der Waals surface area contributed by atoms with Crippen LogP contribution in [0.1, 0.15) is 15.9 Å². The van der Waals surface area contributed by atoms with Crippen molar-refractivity contribution in [2.45, 2.75) is 12.5 Å². The Labute approximate surface area is 129 Å². The van der Waals surface area contributed by atoms with Crippen molar-refractivity contribution >= 4 is 17.5 Å². The number of hydrogen-bond acceptors (Lipinski definition) is 3. The molecule has 0 radical (unpaired) electrons. The Bertz CT molecular complexity index is 656. The normalized spacial score (nSPS) is 11.5. The van der Waals surface area contributed by atoms with Crippen LogP contribution < -0.4 is 16.4 Å². The molecule has 5 heteroatoms. The van der Waals surface area contributed by atoms with Crippen molar-refractivity contribution in [2.75, 3.05) is 12.4 Å². The number of nitrogens with one attached hydrogen (secondary N) is 2. The standard InChI is InChI=1S/C17H19N3O2/c1-19-16(21)13-8-5-9-14(11-13)20-17(22)15(18)10-12-6-3-2-4-7-12/h2-9,11,15H,10,18H2,1H3,(H,19,21)(H,20,22). The summed E-state index contributed by atoms with van der Waals surface area (Å²) in [5.74, 6) is -0.484. The van der Waals surface area contributed by atoms with Crippen LogP contribution in [0.15, 0.2) is 54.6 Å². The molecule has 0 aromatic heterocycles. The van der Waals surface area contributed by atoms with E-state index in [0.717, 1.165) is 5.56 Å². The van der Waals surface area contributed by atoms with E-state index in [4.69, 9.17) is 5.73 Å². The van der Waals surface area contributed by atoms with E-state index in [9.17, 15) is 9.59 Å². The zero-order chi connectivity index (χ0) is 15.9. The zero-order valence-electron chi connectivity index (χ0n) is 12.4. The first-order valence-electron chi connectivity index (χ1n) is 7.02. The van der Waals surface area contributed by atoms with Crippen LogP contribution in [0.5, 0.6) is 0 Å². The number of nitrogens with two attached hydrogens (primary N) is 1. The van der Waals surface area contributed by atoms with Crippen LogP contribution in [-0.4, -0.2) is 24.9 Å². The van der Waals surface area contributed by atoms with Crippen LogP contribution in [0, 0.1) is 0 Å². The Morgan fingerprint density at radius 2 is 1.82 bits per heavy atom. The summed E-state index contributed by atoms with van der Waals surface area (Å²) < 4.78 is 0. The molecule has 1 unspecified atom stereocenters. The van der Waals surface area contributed by atoms with Crippen molar-refractivity contribution in [3.8, 4) is 0 Å². The van der Waals surface area contributed by atoms with Gasteiger partial charge in [0.15, 0.2) is 0 Å². The first-order valence-corrected chi connectivity index (χ1v) is 7.02. The zero-order valence-corrected chi connectivity index (χ0v) is 12.4. The van der Waals surface area contributed by atoms with Crippen molar-refractivity contribution in [2.24, 2.45) is 5.73 Å². The minimum atomic E-state index is -0.647. The molecule has 22 heavy (non-hydrogen) atoms. The van der Waals surface area contributed by atoms with Crippen molar-refractivity contribution < 1.29 is 9.59 Å². The van der Waals surface area contributed by atoms with Crippen LogP contribution in [0.25, 0.3) is 0 Å². The van der Waals surface area contributed by atoms with E-state index in [1.807, 2.05) is 30.3 Å². The van der Waals surface area contributed by atoms with Crippen LogP contribution >= 0.6 is 0 Å². The van der Waals surface area contributed by atoms with Gasteiger partial charge in [-0.3, -0.25) is 9.59 Å². The average Bonchev–Trinajstić information content (AvgIpc) is 2.55. The minimum absolute atomic E-state index is 0.204. The first kappa shape index (κ1) is 15.7. The van der Waals surface area contributed by atoms with Crippen LogP contribution in [-0.2, 0) is 11.2 Å². The number of anilines is 1. The van der Waals surface area contributed by atoms with Gasteiger partial charge in [0.2, 0.25) is 5.91 Å². The Morgan fingerprint density at radius 1 is 1.09 bits per heavy atom. The molecule has 2 aromatic rings. The van der Waals surface area contributed by atoms with Crippen molar-refractivity contribution in [1.82, 2.24) is 5.32 Å². The summed E-state index contributed by atoms with van der Waals surface area (Å²) in [6.45, 7) is 0. The van der Waals surface area contributed by atoms with E-state index in [0.29, 0.717) is 17.7 Å². The van der Waals surface area contributed by atoms with E-state index < -0.39 is 6.04 Å². The Kier molecular flexibility index (Phi) is 5.27. The lowest BCUT2D eigenvalue weighted by molar-refractivity contribution is -0.117. The predicted octanol–water partition coefficient (Wildman–Crippen LogP) is 1.55. The van der Waals surface area contributed by atoms with Gasteiger partial charge >= 0.3 is 0 Å². The fourth-order valence-corrected chi connectivity index (χ4v) is 2.08. The summed E-state index contributed by atoms with van der Waals surface area (Å²) in [5.41, 5.74) is 7.97. The maximum atomic E-state index is 12.1. The fourth-order valence-electron chi connectivity index (χ4n) is 2.08. The lowest BCUT2D eigenvalue weighted by Crippen LogP contribution is -2.37. The minimum Gasteiger partial charge on any atom is -0.355 e. The molecular formula is C17H19N3O2. The highest BCUT2D eigenvalue weighted by molar-refractivity contribution is 5.98. The number of hydrogen-bond donors (Lipinski definition) is 3. The van der Waals surface area contributed by atoms with Crippen LogP contribution in [0.4, 0.5) is 5.69 Å². The van der Waals surface area contributed by atoms with Crippen molar-refractivity contribution in [1.29, 1.82) is 0 Å². The number of benzene rings is 2. The van der Waals surface area contributed by atoms with Gasteiger partial charge in [-0.2, -0.15) is 0 Å². The second kappa shape index (κ2) is 7.38. The molecule has 2 amide bonds. The molecular weight excluding hydrogens is 278 g/mol. The number of amides is 2. The third kappa shape index (κ3) is 4.17. The molecule has 0 aliphatic heterocycles. The Balaban J connectivity index is 2.01. The van der Waals surface area contributed by atoms with Gasteiger partial charge in [0.1, 0.15) is 0 Å². The maximum Gasteiger partial charge on any atom is 0.251 e. The van der Waals surface area contributed by atoms with Gasteiger partial charge in [-0.1, -0.05) is 36.4 Å². The molecule has 5 nitrogen and oxygen atoms in total. The van der Waals surface area contributed by atoms with Gasteiger partial charge in [0.05, 0.1) is 6.04 Å². The van der Waals surface area contributed by atoms with E-state index >= 15 is 0 Å². The highest BCUT2D eigenvalue weighted by Gasteiger charge is 2.14. The Hall–Kier alpha value is -2.66. The van der Waals surface area contributed by atoms with Crippen LogP contribution in [0.2, 0.25) is 0 Å². The van der Waals surface area contributed by atoms with Gasteiger partial charge < -0.3 is 16.4 Å². The van der Waals surface area contributed by atoms with Gasteiger partial charge in [0, 0.05) is 18.3 Å². The molecule has 114 valence electrons. The van der Waals surface area contributed by atoms with Gasteiger partial charge in [-0.15, -0.1) is 0 Å². The maximum absolute atomic E-state index is 12.1. The van der Waals surface area contributed by atoms with Crippen molar-refractivity contribution in [3.05, 3.63) is 65.7 Å². The van der Waals surface area contributed by atoms with Gasteiger partial charge in [0.25, 0.3) is 5.91 Å². The number of rotatable bonds is 5. The molecule has 2 rings (SSSR count). The molecule has 0 saturated heterocycles. The summed E-state index contributed by atoms with van der Waals surface area (Å²) in [5, 5.41) is 5.28. The fraction of sp³-hybridized carbons (Fsp3) is 0.176. The predicted molar refractivity (Wildman–Crippen MR) is 86.6 cm³/mol. The average molecular weight is 297 g/mol. The van der Waals surface area contributed by atoms with E-state index in [1.165, 1.54) is 0 Å². The first-order chi connectivity index (χ1) is 10.6. The smallest absolute Gasteiger partial charge is 0.251 e. The molecule has 4 N–H and O–H groups in total. The number of carbonyl (C=O) groups is 2. The topological polar surface area (TPSA) is 84.2 Å². The summed E-state index contributed by atoms with van der Waals surface area (Å²) in [7, 11) is 1.56. The van der Waals surface area contributed by atoms with Crippen LogP contribution in [0.3, 0.4) is 0 Å². The summed E-state index contributed by atoms with van der Waals surface area (Å²) in [6.07, 6.45) is 0.460. The molecule has 0 heterocycles. The molecule has 1 atom stereocenters. The van der Waals surface area contributed by atoms with E-state index in [2.05, 4.69) is 10.6 Å². The quantitative estimate of drug-likeness (QED) is 0.783. The number of carbonyl (C=O) groups excluding carboxylic acids is 2. The lowest BCUT2D eigenvalue weighted by Gasteiger charge is -2.13. The summed E-state index contributed by atoms with van der Waals surface area (Å²) in [4.78, 5) is 23.7. The molecule has 0 spiro atoms. The van der Waals surface area contributed by atoms with Gasteiger partial charge in [-0.05, 0) is 30.2 Å². The molecule has 0 saturated carbocycles. The highest BCUT2D eigenvalue weighted by Crippen LogP contribution is 2.11. The molecule has 0 bridgehead atoms. The summed E-state index contributed by atoms with van der Waals surface area (Å²) in [6, 6.07) is 15.7. The largest absolute Gasteiger partial charge is 0.355 e. The third-order valence-electron chi connectivity index (χ3n) is 3.25. The highest BCUT2D eigenvalue weighted by atomic mass is 16.2. The SMILES string of the molecule is CNC(=O)c1cccc(NC(=O)C(N)Cc2ccccc2)c1. The second-order valence-corrected chi connectivity index (χ2v) is 4.95. The third-order valence-corrected chi connectivity index (χ3v) is 3.25. The lowest BCUT2D eigenvalue weighted by atomic mass is 10.1. The van der Waals surface area contributed by atoms with Crippen molar-refractivity contribution in [3.63, 3.8) is 0 Å². The molecule has 0 fully saturated rings. The van der Waals surface area contributed by atoms with E-state index in [-0.39, 0.29) is 11.8 Å². The van der Waals surface area contributed by atoms with E-state index in [1.54, 1.807) is 31.3 Å². The summed E-state index contributed by atoms with van der Waals surface area (Å²) >= 11 is 0. The molecule has 2 aromatic carbocycles. The Morgan fingerprint density at radius 3 is 2.50 bits per heavy atom. The molecule has 0 aliphatic carbocycles. The van der Waals surface area contributed by atoms with Gasteiger partial charge in [-0.25, -0.2) is 0 Å².